The average Bonchev–Trinajstić information content (AvgIpc) is 3.39. The van der Waals surface area contributed by atoms with Crippen molar-refractivity contribution in [2.24, 2.45) is 0 Å². The summed E-state index contributed by atoms with van der Waals surface area (Å²) in [5.74, 6) is -0.255. The zero-order valence-corrected chi connectivity index (χ0v) is 21.5. The van der Waals surface area contributed by atoms with Gasteiger partial charge in [0.25, 0.3) is 5.91 Å². The van der Waals surface area contributed by atoms with E-state index in [4.69, 9.17) is 4.98 Å². The first-order valence-corrected chi connectivity index (χ1v) is 12.6. The van der Waals surface area contributed by atoms with Crippen LogP contribution in [0.25, 0.3) is 21.7 Å². The number of carbonyl (C=O) groups excluding carboxylic acids is 3. The Morgan fingerprint density at radius 3 is 2.43 bits per heavy atom. The molecule has 5 rings (SSSR count). The quantitative estimate of drug-likeness (QED) is 0.509. The van der Waals surface area contributed by atoms with E-state index >= 15 is 0 Å². The van der Waals surface area contributed by atoms with Crippen LogP contribution >= 0.6 is 11.3 Å². The van der Waals surface area contributed by atoms with Crippen LogP contribution in [0, 0.1) is 25.2 Å². The predicted octanol–water partition coefficient (Wildman–Crippen LogP) is 3.91. The number of hydrogen-bond acceptors (Lipinski definition) is 7. The zero-order chi connectivity index (χ0) is 26.3. The first-order valence-electron chi connectivity index (χ1n) is 11.8. The van der Waals surface area contributed by atoms with Crippen LogP contribution < -0.4 is 10.6 Å². The molecule has 4 heterocycles. The second-order valence-corrected chi connectivity index (χ2v) is 10.3. The summed E-state index contributed by atoms with van der Waals surface area (Å²) in [6.07, 6.45) is 0.695. The molecule has 37 heavy (non-hydrogen) atoms. The van der Waals surface area contributed by atoms with Crippen molar-refractivity contribution in [3.8, 4) is 27.8 Å². The number of piperidine rings is 1. The summed E-state index contributed by atoms with van der Waals surface area (Å²) in [6, 6.07) is 12.6. The molecule has 0 aliphatic carbocycles. The van der Waals surface area contributed by atoms with Crippen LogP contribution in [0.2, 0.25) is 0 Å². The van der Waals surface area contributed by atoms with E-state index in [1.807, 2.05) is 38.1 Å². The number of pyridine rings is 1. The minimum atomic E-state index is -0.938. The van der Waals surface area contributed by atoms with Gasteiger partial charge in [-0.05, 0) is 56.5 Å². The Kier molecular flexibility index (Phi) is 6.13. The number of hydrogen-bond donors (Lipinski definition) is 2. The number of benzene rings is 1. The van der Waals surface area contributed by atoms with E-state index in [1.54, 1.807) is 17.0 Å². The molecule has 2 N–H and O–H groups in total. The Hall–Kier alpha value is -4.30. The number of likely N-dealkylation sites (N-methyl/N-ethyl adjacent to an activating group) is 1. The zero-order valence-electron chi connectivity index (χ0n) is 20.7. The van der Waals surface area contributed by atoms with Gasteiger partial charge in [0.2, 0.25) is 0 Å². The number of likely N-dealkylation sites (tertiary alicyclic amines) is 1. The van der Waals surface area contributed by atoms with Crippen LogP contribution in [0.3, 0.4) is 0 Å². The summed E-state index contributed by atoms with van der Waals surface area (Å²) in [7, 11) is 1.46. The Morgan fingerprint density at radius 2 is 1.81 bits per heavy atom. The van der Waals surface area contributed by atoms with E-state index in [2.05, 4.69) is 21.7 Å². The molecule has 2 aliphatic heterocycles. The number of urea groups is 2. The number of nitrogens with one attached hydrogen (secondary N) is 2. The average molecular weight is 516 g/mol. The lowest BCUT2D eigenvalue weighted by molar-refractivity contribution is -0.131. The molecule has 2 saturated heterocycles. The molecular formula is C26H25N7O3S. The van der Waals surface area contributed by atoms with Crippen LogP contribution in [0.5, 0.6) is 0 Å². The van der Waals surface area contributed by atoms with Crippen molar-refractivity contribution in [3.63, 3.8) is 0 Å². The van der Waals surface area contributed by atoms with Crippen molar-refractivity contribution >= 4 is 34.4 Å². The number of imide groups is 1. The molecule has 10 nitrogen and oxygen atoms in total. The van der Waals surface area contributed by atoms with Crippen molar-refractivity contribution in [1.82, 2.24) is 25.1 Å². The Labute approximate surface area is 217 Å². The van der Waals surface area contributed by atoms with E-state index in [1.165, 1.54) is 18.4 Å². The van der Waals surface area contributed by atoms with Crippen LogP contribution in [0.1, 0.15) is 29.8 Å². The van der Waals surface area contributed by atoms with Gasteiger partial charge in [-0.1, -0.05) is 23.5 Å². The number of aromatic nitrogens is 2. The number of amides is 5. The Morgan fingerprint density at radius 1 is 1.11 bits per heavy atom. The second-order valence-electron chi connectivity index (χ2n) is 9.32. The van der Waals surface area contributed by atoms with Gasteiger partial charge in [-0.2, -0.15) is 5.26 Å². The van der Waals surface area contributed by atoms with E-state index in [0.29, 0.717) is 42.3 Å². The standard InChI is InChI=1S/C26H25N7O3S/c1-15-11-19(12-16(2)28-15)21-20(18-6-4-5-17(13-18)14-27)29-23(37-21)30-24(35)33-9-7-26(8-10-33)22(34)32(3)25(36)31-26/h4-6,11-13H,7-10H2,1-3H3,(H,31,36)(H,29,30,35). The number of anilines is 1. The Bertz CT molecular complexity index is 1450. The third kappa shape index (κ3) is 4.51. The molecule has 0 atom stereocenters. The van der Waals surface area contributed by atoms with Gasteiger partial charge in [0, 0.05) is 37.1 Å². The number of rotatable bonds is 3. The highest BCUT2D eigenvalue weighted by Gasteiger charge is 2.51. The molecule has 2 aliphatic rings. The van der Waals surface area contributed by atoms with E-state index < -0.39 is 11.6 Å². The lowest BCUT2D eigenvalue weighted by Crippen LogP contribution is -2.56. The highest BCUT2D eigenvalue weighted by Crippen LogP contribution is 2.40. The summed E-state index contributed by atoms with van der Waals surface area (Å²) < 4.78 is 0. The summed E-state index contributed by atoms with van der Waals surface area (Å²) in [4.78, 5) is 50.4. The monoisotopic (exact) mass is 515 g/mol. The maximum atomic E-state index is 13.1. The number of carbonyl (C=O) groups is 3. The summed E-state index contributed by atoms with van der Waals surface area (Å²) >= 11 is 1.35. The van der Waals surface area contributed by atoms with Gasteiger partial charge in [0.05, 0.1) is 22.2 Å². The third-order valence-electron chi connectivity index (χ3n) is 6.72. The smallest absolute Gasteiger partial charge is 0.324 e. The third-order valence-corrected chi connectivity index (χ3v) is 7.74. The molecule has 188 valence electrons. The molecule has 0 unspecified atom stereocenters. The van der Waals surface area contributed by atoms with E-state index in [9.17, 15) is 19.6 Å². The summed E-state index contributed by atoms with van der Waals surface area (Å²) in [5.41, 5.74) is 3.69. The lowest BCUT2D eigenvalue weighted by Gasteiger charge is -2.36. The molecule has 2 aromatic heterocycles. The molecule has 11 heteroatoms. The topological polar surface area (TPSA) is 131 Å². The maximum Gasteiger partial charge on any atom is 0.324 e. The minimum absolute atomic E-state index is 0.255. The SMILES string of the molecule is Cc1cc(-c2sc(NC(=O)N3CCC4(CC3)NC(=O)N(C)C4=O)nc2-c2cccc(C#N)c2)cc(C)n1. The van der Waals surface area contributed by atoms with Gasteiger partial charge in [-0.3, -0.25) is 20.0 Å². The van der Waals surface area contributed by atoms with E-state index in [-0.39, 0.29) is 11.9 Å². The summed E-state index contributed by atoms with van der Waals surface area (Å²) in [5, 5.41) is 15.5. The fourth-order valence-corrected chi connectivity index (χ4v) is 5.79. The maximum absolute atomic E-state index is 13.1. The Balaban J connectivity index is 1.40. The van der Waals surface area contributed by atoms with Gasteiger partial charge >= 0.3 is 12.1 Å². The first kappa shape index (κ1) is 24.4. The van der Waals surface area contributed by atoms with E-state index in [0.717, 1.165) is 32.3 Å². The van der Waals surface area contributed by atoms with Crippen LogP contribution in [-0.4, -0.2) is 63.4 Å². The van der Waals surface area contributed by atoms with Crippen molar-refractivity contribution in [3.05, 3.63) is 53.3 Å². The molecule has 0 radical (unpaired) electrons. The molecule has 0 bridgehead atoms. The van der Waals surface area contributed by atoms with Crippen molar-refractivity contribution in [2.75, 3.05) is 25.5 Å². The normalized spacial score (nSPS) is 16.6. The van der Waals surface area contributed by atoms with Crippen molar-refractivity contribution < 1.29 is 14.4 Å². The number of nitrogens with zero attached hydrogens (tertiary/aromatic N) is 5. The van der Waals surface area contributed by atoms with Crippen LogP contribution in [0.15, 0.2) is 36.4 Å². The summed E-state index contributed by atoms with van der Waals surface area (Å²) in [6.45, 7) is 4.50. The molecule has 3 aromatic rings. The molecule has 0 saturated carbocycles. The minimum Gasteiger partial charge on any atom is -0.324 e. The number of thiazole rings is 1. The van der Waals surface area contributed by atoms with Crippen molar-refractivity contribution in [1.29, 1.82) is 5.26 Å². The van der Waals surface area contributed by atoms with Crippen molar-refractivity contribution in [2.45, 2.75) is 32.2 Å². The fraction of sp³-hybridized carbons (Fsp3) is 0.308. The number of nitriles is 1. The van der Waals surface area contributed by atoms with Gasteiger partial charge in [0.15, 0.2) is 5.13 Å². The molecule has 5 amide bonds. The number of aryl methyl sites for hydroxylation is 2. The molecule has 2 fully saturated rings. The van der Waals surface area contributed by atoms with Gasteiger partial charge in [-0.15, -0.1) is 0 Å². The van der Waals surface area contributed by atoms with Gasteiger partial charge in [0.1, 0.15) is 5.54 Å². The lowest BCUT2D eigenvalue weighted by atomic mass is 9.87. The second kappa shape index (κ2) is 9.29. The molecular weight excluding hydrogens is 490 g/mol. The molecule has 1 aromatic carbocycles. The fourth-order valence-electron chi connectivity index (χ4n) is 4.82. The van der Waals surface area contributed by atoms with Gasteiger partial charge < -0.3 is 10.2 Å². The largest absolute Gasteiger partial charge is 0.324 e. The predicted molar refractivity (Wildman–Crippen MR) is 139 cm³/mol. The highest BCUT2D eigenvalue weighted by molar-refractivity contribution is 7.19. The van der Waals surface area contributed by atoms with Gasteiger partial charge in [-0.25, -0.2) is 14.6 Å². The first-order chi connectivity index (χ1) is 17.7. The van der Waals surface area contributed by atoms with Crippen LogP contribution in [0.4, 0.5) is 14.7 Å². The van der Waals surface area contributed by atoms with Crippen LogP contribution in [-0.2, 0) is 4.79 Å². The molecule has 1 spiro atoms. The highest BCUT2D eigenvalue weighted by atomic mass is 32.1.